The van der Waals surface area contributed by atoms with Crippen molar-refractivity contribution in [3.63, 3.8) is 0 Å². The summed E-state index contributed by atoms with van der Waals surface area (Å²) in [5.74, 6) is 6.68. The number of nitrogens with one attached hydrogen (secondary N) is 1. The van der Waals surface area contributed by atoms with Gasteiger partial charge in [0.25, 0.3) is 0 Å². The zero-order valence-corrected chi connectivity index (χ0v) is 14.4. The van der Waals surface area contributed by atoms with E-state index in [2.05, 4.69) is 66.5 Å². The monoisotopic (exact) mass is 323 g/mol. The van der Waals surface area contributed by atoms with Gasteiger partial charge in [0.05, 0.1) is 6.04 Å². The molecular weight excluding hydrogens is 302 g/mol. The highest BCUT2D eigenvalue weighted by Crippen LogP contribution is 2.31. The molecule has 0 fully saturated rings. The van der Waals surface area contributed by atoms with Gasteiger partial charge in [0.1, 0.15) is 0 Å². The molecule has 0 radical (unpaired) electrons. The maximum Gasteiger partial charge on any atom is 0.0591 e. The van der Waals surface area contributed by atoms with Gasteiger partial charge in [0, 0.05) is 17.7 Å². The van der Waals surface area contributed by atoms with E-state index in [0.29, 0.717) is 0 Å². The highest BCUT2D eigenvalue weighted by Gasteiger charge is 2.22. The highest BCUT2D eigenvalue weighted by molar-refractivity contribution is 5.51. The van der Waals surface area contributed by atoms with Crippen LogP contribution in [0.2, 0.25) is 0 Å². The van der Waals surface area contributed by atoms with E-state index < -0.39 is 0 Å². The standard InChI is InChI=1S/C24H21N/c1-18-11-13-21-15-16-25-24(23(21)17-18)22-10-6-5-9-20(22)14-12-19-7-3-2-4-8-19/h2-11,13,17,24-25H,15-16H2,1H3. The number of benzene rings is 3. The molecule has 122 valence electrons. The first-order valence-electron chi connectivity index (χ1n) is 8.80. The van der Waals surface area contributed by atoms with Crippen molar-refractivity contribution in [1.29, 1.82) is 0 Å². The lowest BCUT2D eigenvalue weighted by molar-refractivity contribution is 0.566. The minimum absolute atomic E-state index is 0.213. The largest absolute Gasteiger partial charge is 0.306 e. The van der Waals surface area contributed by atoms with E-state index in [-0.39, 0.29) is 6.04 Å². The van der Waals surface area contributed by atoms with Gasteiger partial charge in [-0.05, 0) is 48.2 Å². The van der Waals surface area contributed by atoms with E-state index in [0.717, 1.165) is 24.1 Å². The van der Waals surface area contributed by atoms with Gasteiger partial charge in [-0.2, -0.15) is 0 Å². The van der Waals surface area contributed by atoms with Crippen molar-refractivity contribution < 1.29 is 0 Å². The number of aryl methyl sites for hydroxylation is 1. The maximum atomic E-state index is 3.69. The molecule has 1 heterocycles. The molecule has 1 unspecified atom stereocenters. The van der Waals surface area contributed by atoms with E-state index in [9.17, 15) is 0 Å². The Labute approximate surface area is 149 Å². The lowest BCUT2D eigenvalue weighted by Gasteiger charge is -2.28. The molecule has 1 N–H and O–H groups in total. The van der Waals surface area contributed by atoms with Crippen LogP contribution in [0.3, 0.4) is 0 Å². The molecule has 1 atom stereocenters. The second kappa shape index (κ2) is 6.97. The zero-order valence-electron chi connectivity index (χ0n) is 14.4. The fourth-order valence-corrected chi connectivity index (χ4v) is 3.47. The summed E-state index contributed by atoms with van der Waals surface area (Å²) in [5, 5.41) is 3.69. The summed E-state index contributed by atoms with van der Waals surface area (Å²) in [6.07, 6.45) is 1.09. The first-order valence-corrected chi connectivity index (χ1v) is 8.80. The third kappa shape index (κ3) is 3.36. The summed E-state index contributed by atoms with van der Waals surface area (Å²) in [6, 6.07) is 25.7. The predicted molar refractivity (Wildman–Crippen MR) is 104 cm³/mol. The zero-order chi connectivity index (χ0) is 17.1. The van der Waals surface area contributed by atoms with Crippen molar-refractivity contribution in [3.05, 3.63) is 106 Å². The second-order valence-corrected chi connectivity index (χ2v) is 6.54. The van der Waals surface area contributed by atoms with Crippen LogP contribution in [-0.4, -0.2) is 6.54 Å². The Bertz CT molecular complexity index is 945. The molecule has 0 amide bonds. The van der Waals surface area contributed by atoms with Gasteiger partial charge in [-0.3, -0.25) is 0 Å². The van der Waals surface area contributed by atoms with Crippen molar-refractivity contribution in [2.24, 2.45) is 0 Å². The van der Waals surface area contributed by atoms with E-state index in [1.807, 2.05) is 30.3 Å². The molecule has 0 spiro atoms. The van der Waals surface area contributed by atoms with Crippen molar-refractivity contribution >= 4 is 0 Å². The van der Waals surface area contributed by atoms with Crippen LogP contribution in [0.25, 0.3) is 0 Å². The van der Waals surface area contributed by atoms with E-state index in [1.165, 1.54) is 22.3 Å². The fraction of sp³-hybridized carbons (Fsp3) is 0.167. The molecule has 3 aromatic rings. The number of hydrogen-bond acceptors (Lipinski definition) is 1. The van der Waals surface area contributed by atoms with Crippen molar-refractivity contribution in [2.75, 3.05) is 6.54 Å². The third-order valence-corrected chi connectivity index (χ3v) is 4.74. The fourth-order valence-electron chi connectivity index (χ4n) is 3.47. The smallest absolute Gasteiger partial charge is 0.0591 e. The third-order valence-electron chi connectivity index (χ3n) is 4.74. The Hall–Kier alpha value is -2.82. The average Bonchev–Trinajstić information content (AvgIpc) is 2.67. The van der Waals surface area contributed by atoms with Gasteiger partial charge in [-0.1, -0.05) is 72.0 Å². The van der Waals surface area contributed by atoms with E-state index >= 15 is 0 Å². The minimum atomic E-state index is 0.213. The Morgan fingerprint density at radius 2 is 1.64 bits per heavy atom. The molecule has 1 aliphatic heterocycles. The molecule has 0 aliphatic carbocycles. The van der Waals surface area contributed by atoms with Crippen LogP contribution in [0, 0.1) is 18.8 Å². The van der Waals surface area contributed by atoms with Crippen molar-refractivity contribution in [2.45, 2.75) is 19.4 Å². The molecule has 3 aromatic carbocycles. The molecule has 0 saturated heterocycles. The number of rotatable bonds is 1. The number of fused-ring (bicyclic) bond motifs is 1. The summed E-state index contributed by atoms with van der Waals surface area (Å²) in [4.78, 5) is 0. The maximum absolute atomic E-state index is 3.69. The summed E-state index contributed by atoms with van der Waals surface area (Å²) in [6.45, 7) is 3.16. The molecule has 1 nitrogen and oxygen atoms in total. The lowest BCUT2D eigenvalue weighted by Crippen LogP contribution is -2.31. The normalized spacial score (nSPS) is 15.8. The van der Waals surface area contributed by atoms with E-state index in [4.69, 9.17) is 0 Å². The SMILES string of the molecule is Cc1ccc2c(c1)C(c1ccccc1C#Cc1ccccc1)NCC2. The van der Waals surface area contributed by atoms with Gasteiger partial charge < -0.3 is 5.32 Å². The van der Waals surface area contributed by atoms with E-state index in [1.54, 1.807) is 0 Å². The Morgan fingerprint density at radius 1 is 0.840 bits per heavy atom. The summed E-state index contributed by atoms with van der Waals surface area (Å²) in [5.41, 5.74) is 7.54. The summed E-state index contributed by atoms with van der Waals surface area (Å²) in [7, 11) is 0. The summed E-state index contributed by atoms with van der Waals surface area (Å²) < 4.78 is 0. The Balaban J connectivity index is 1.76. The second-order valence-electron chi connectivity index (χ2n) is 6.54. The van der Waals surface area contributed by atoms with Gasteiger partial charge in [-0.25, -0.2) is 0 Å². The molecule has 0 aromatic heterocycles. The lowest BCUT2D eigenvalue weighted by atomic mass is 9.87. The Morgan fingerprint density at radius 3 is 2.52 bits per heavy atom. The van der Waals surface area contributed by atoms with Crippen LogP contribution in [0.4, 0.5) is 0 Å². The average molecular weight is 323 g/mol. The first-order chi connectivity index (χ1) is 12.3. The molecular formula is C24H21N. The molecule has 0 saturated carbocycles. The number of hydrogen-bond donors (Lipinski definition) is 1. The molecule has 1 heteroatoms. The molecule has 1 aliphatic rings. The molecule has 0 bridgehead atoms. The van der Waals surface area contributed by atoms with Crippen molar-refractivity contribution in [3.8, 4) is 11.8 Å². The van der Waals surface area contributed by atoms with Gasteiger partial charge in [-0.15, -0.1) is 0 Å². The molecule has 4 rings (SSSR count). The van der Waals surface area contributed by atoms with Crippen LogP contribution < -0.4 is 5.32 Å². The topological polar surface area (TPSA) is 12.0 Å². The minimum Gasteiger partial charge on any atom is -0.306 e. The van der Waals surface area contributed by atoms with Gasteiger partial charge >= 0.3 is 0 Å². The van der Waals surface area contributed by atoms with Crippen LogP contribution in [-0.2, 0) is 6.42 Å². The quantitative estimate of drug-likeness (QED) is 0.644. The van der Waals surface area contributed by atoms with Crippen LogP contribution in [0.1, 0.15) is 39.4 Å². The highest BCUT2D eigenvalue weighted by atomic mass is 14.9. The predicted octanol–water partition coefficient (Wildman–Crippen LogP) is 4.63. The first kappa shape index (κ1) is 15.7. The molecule has 25 heavy (non-hydrogen) atoms. The van der Waals surface area contributed by atoms with Crippen LogP contribution in [0.15, 0.2) is 72.8 Å². The van der Waals surface area contributed by atoms with Crippen LogP contribution >= 0.6 is 0 Å². The van der Waals surface area contributed by atoms with Gasteiger partial charge in [0.2, 0.25) is 0 Å². The van der Waals surface area contributed by atoms with Crippen LogP contribution in [0.5, 0.6) is 0 Å². The Kier molecular flexibility index (Phi) is 4.37. The van der Waals surface area contributed by atoms with Gasteiger partial charge in [0.15, 0.2) is 0 Å². The van der Waals surface area contributed by atoms with Crippen molar-refractivity contribution in [1.82, 2.24) is 5.32 Å². The summed E-state index contributed by atoms with van der Waals surface area (Å²) >= 11 is 0.